The molecule has 104 valence electrons. The lowest BCUT2D eigenvalue weighted by molar-refractivity contribution is -0.118. The molecule has 0 unspecified atom stereocenters. The molecule has 0 saturated carbocycles. The minimum atomic E-state index is 0.218. The van der Waals surface area contributed by atoms with Gasteiger partial charge in [-0.3, -0.25) is 4.79 Å². The van der Waals surface area contributed by atoms with Crippen LogP contribution in [0.1, 0.15) is 31.4 Å². The van der Waals surface area contributed by atoms with Crippen molar-refractivity contribution in [2.45, 2.75) is 33.1 Å². The van der Waals surface area contributed by atoms with Gasteiger partial charge in [0, 0.05) is 25.7 Å². The van der Waals surface area contributed by atoms with Gasteiger partial charge in [-0.2, -0.15) is 0 Å². The largest absolute Gasteiger partial charge is 0.319 e. The Morgan fingerprint density at radius 1 is 1.32 bits per heavy atom. The number of carbonyl (C=O) groups excluding carboxylic acids is 1. The zero-order chi connectivity index (χ0) is 14.0. The summed E-state index contributed by atoms with van der Waals surface area (Å²) in [6, 6.07) is 6.53. The molecular weight excluding hydrogens is 236 g/mol. The second kappa shape index (κ2) is 5.33. The number of rotatable bonds is 4. The predicted molar refractivity (Wildman–Crippen MR) is 79.6 cm³/mol. The maximum atomic E-state index is 11.7. The first-order chi connectivity index (χ1) is 8.93. The number of anilines is 1. The van der Waals surface area contributed by atoms with E-state index in [-0.39, 0.29) is 11.3 Å². The average molecular weight is 260 g/mol. The first-order valence-corrected chi connectivity index (χ1v) is 6.96. The van der Waals surface area contributed by atoms with E-state index in [9.17, 15) is 4.79 Å². The van der Waals surface area contributed by atoms with Gasteiger partial charge in [0.1, 0.15) is 0 Å². The van der Waals surface area contributed by atoms with Crippen LogP contribution < -0.4 is 10.2 Å². The Morgan fingerprint density at radius 2 is 2.05 bits per heavy atom. The molecule has 1 aromatic rings. The van der Waals surface area contributed by atoms with Crippen molar-refractivity contribution in [3.05, 3.63) is 29.3 Å². The van der Waals surface area contributed by atoms with Gasteiger partial charge in [-0.15, -0.1) is 0 Å². The first-order valence-electron chi connectivity index (χ1n) is 6.96. The van der Waals surface area contributed by atoms with Gasteiger partial charge in [0.15, 0.2) is 0 Å². The molecule has 3 nitrogen and oxygen atoms in total. The van der Waals surface area contributed by atoms with Crippen molar-refractivity contribution in [2.75, 3.05) is 25.5 Å². The van der Waals surface area contributed by atoms with Crippen LogP contribution in [0, 0.1) is 5.41 Å². The minimum absolute atomic E-state index is 0.218. The summed E-state index contributed by atoms with van der Waals surface area (Å²) in [5, 5.41) is 3.25. The van der Waals surface area contributed by atoms with E-state index < -0.39 is 0 Å². The van der Waals surface area contributed by atoms with Crippen molar-refractivity contribution in [3.8, 4) is 0 Å². The average Bonchev–Trinajstić information content (AvgIpc) is 2.33. The fourth-order valence-corrected chi connectivity index (χ4v) is 2.91. The van der Waals surface area contributed by atoms with Gasteiger partial charge in [-0.1, -0.05) is 26.0 Å². The molecule has 1 heterocycles. The molecule has 0 saturated heterocycles. The van der Waals surface area contributed by atoms with Crippen LogP contribution >= 0.6 is 0 Å². The molecule has 1 N–H and O–H groups in total. The van der Waals surface area contributed by atoms with E-state index in [4.69, 9.17) is 0 Å². The SMILES string of the molecule is CNCC(C)(C)Cc1ccc2c(c1)CCC(=O)N2C. The maximum absolute atomic E-state index is 11.7. The van der Waals surface area contributed by atoms with Crippen LogP contribution in [0.25, 0.3) is 0 Å². The lowest BCUT2D eigenvalue weighted by Crippen LogP contribution is -2.31. The molecule has 0 bridgehead atoms. The third kappa shape index (κ3) is 3.16. The molecule has 0 aromatic heterocycles. The third-order valence-electron chi connectivity index (χ3n) is 3.83. The van der Waals surface area contributed by atoms with Gasteiger partial charge >= 0.3 is 0 Å². The number of aryl methyl sites for hydroxylation is 1. The molecule has 3 heteroatoms. The van der Waals surface area contributed by atoms with E-state index in [1.807, 2.05) is 14.1 Å². The summed E-state index contributed by atoms with van der Waals surface area (Å²) in [6.45, 7) is 5.56. The zero-order valence-corrected chi connectivity index (χ0v) is 12.4. The number of hydrogen-bond acceptors (Lipinski definition) is 2. The Balaban J connectivity index is 2.20. The summed E-state index contributed by atoms with van der Waals surface area (Å²) in [6.07, 6.45) is 2.56. The van der Waals surface area contributed by atoms with Crippen LogP contribution in [0.15, 0.2) is 18.2 Å². The normalized spacial score (nSPS) is 15.6. The minimum Gasteiger partial charge on any atom is -0.319 e. The number of amides is 1. The topological polar surface area (TPSA) is 32.3 Å². The summed E-state index contributed by atoms with van der Waals surface area (Å²) >= 11 is 0. The van der Waals surface area contributed by atoms with Crippen LogP contribution in [0.5, 0.6) is 0 Å². The number of fused-ring (bicyclic) bond motifs is 1. The molecule has 2 rings (SSSR count). The Morgan fingerprint density at radius 3 is 2.74 bits per heavy atom. The molecule has 1 aliphatic rings. The van der Waals surface area contributed by atoms with Crippen molar-refractivity contribution in [2.24, 2.45) is 5.41 Å². The second-order valence-corrected chi connectivity index (χ2v) is 6.29. The number of benzene rings is 1. The van der Waals surface area contributed by atoms with Crippen LogP contribution in [-0.4, -0.2) is 26.5 Å². The van der Waals surface area contributed by atoms with Gasteiger partial charge in [0.25, 0.3) is 0 Å². The zero-order valence-electron chi connectivity index (χ0n) is 12.4. The summed E-state index contributed by atoms with van der Waals surface area (Å²) in [4.78, 5) is 13.5. The van der Waals surface area contributed by atoms with E-state index in [1.165, 1.54) is 11.1 Å². The van der Waals surface area contributed by atoms with Crippen molar-refractivity contribution in [1.82, 2.24) is 5.32 Å². The lowest BCUT2D eigenvalue weighted by Gasteiger charge is -2.28. The van der Waals surface area contributed by atoms with E-state index in [0.29, 0.717) is 6.42 Å². The molecule has 0 radical (unpaired) electrons. The maximum Gasteiger partial charge on any atom is 0.227 e. The van der Waals surface area contributed by atoms with Crippen LogP contribution in [-0.2, 0) is 17.6 Å². The second-order valence-electron chi connectivity index (χ2n) is 6.29. The fourth-order valence-electron chi connectivity index (χ4n) is 2.91. The van der Waals surface area contributed by atoms with Crippen molar-refractivity contribution >= 4 is 11.6 Å². The first kappa shape index (κ1) is 14.1. The lowest BCUT2D eigenvalue weighted by atomic mass is 9.84. The molecular formula is C16H24N2O. The van der Waals surface area contributed by atoms with Crippen LogP contribution in [0.2, 0.25) is 0 Å². The number of hydrogen-bond donors (Lipinski definition) is 1. The highest BCUT2D eigenvalue weighted by Gasteiger charge is 2.22. The van der Waals surface area contributed by atoms with Crippen molar-refractivity contribution in [3.63, 3.8) is 0 Å². The van der Waals surface area contributed by atoms with Gasteiger partial charge in [-0.25, -0.2) is 0 Å². The molecule has 0 spiro atoms. The number of nitrogens with zero attached hydrogens (tertiary/aromatic N) is 1. The van der Waals surface area contributed by atoms with Gasteiger partial charge in [0.05, 0.1) is 0 Å². The molecule has 0 fully saturated rings. The quantitative estimate of drug-likeness (QED) is 0.901. The van der Waals surface area contributed by atoms with E-state index >= 15 is 0 Å². The fraction of sp³-hybridized carbons (Fsp3) is 0.562. The standard InChI is InChI=1S/C16H24N2O/c1-16(2,11-17-3)10-12-5-7-14-13(9-12)6-8-15(19)18(14)4/h5,7,9,17H,6,8,10-11H2,1-4H3. The van der Waals surface area contributed by atoms with Gasteiger partial charge < -0.3 is 10.2 Å². The highest BCUT2D eigenvalue weighted by molar-refractivity contribution is 5.95. The number of carbonyl (C=O) groups is 1. The van der Waals surface area contributed by atoms with Crippen molar-refractivity contribution < 1.29 is 4.79 Å². The summed E-state index contributed by atoms with van der Waals surface area (Å²) < 4.78 is 0. The van der Waals surface area contributed by atoms with E-state index in [2.05, 4.69) is 37.4 Å². The van der Waals surface area contributed by atoms with E-state index in [1.54, 1.807) is 4.90 Å². The smallest absolute Gasteiger partial charge is 0.227 e. The van der Waals surface area contributed by atoms with Gasteiger partial charge in [0.2, 0.25) is 5.91 Å². The Kier molecular flexibility index (Phi) is 3.95. The van der Waals surface area contributed by atoms with Crippen LogP contribution in [0.4, 0.5) is 5.69 Å². The highest BCUT2D eigenvalue weighted by atomic mass is 16.2. The summed E-state index contributed by atoms with van der Waals surface area (Å²) in [5.41, 5.74) is 3.99. The van der Waals surface area contributed by atoms with Gasteiger partial charge in [-0.05, 0) is 42.5 Å². The Labute approximate surface area is 116 Å². The molecule has 19 heavy (non-hydrogen) atoms. The highest BCUT2D eigenvalue weighted by Crippen LogP contribution is 2.30. The monoisotopic (exact) mass is 260 g/mol. The molecule has 0 aliphatic carbocycles. The van der Waals surface area contributed by atoms with Crippen LogP contribution in [0.3, 0.4) is 0 Å². The van der Waals surface area contributed by atoms with Crippen molar-refractivity contribution in [1.29, 1.82) is 0 Å². The summed E-state index contributed by atoms with van der Waals surface area (Å²) in [5.74, 6) is 0.218. The molecule has 1 amide bonds. The molecule has 1 aliphatic heterocycles. The molecule has 0 atom stereocenters. The number of nitrogens with one attached hydrogen (secondary N) is 1. The Hall–Kier alpha value is -1.35. The third-order valence-corrected chi connectivity index (χ3v) is 3.83. The van der Waals surface area contributed by atoms with E-state index in [0.717, 1.165) is 25.1 Å². The molecule has 1 aromatic carbocycles. The Bertz CT molecular complexity index is 480. The predicted octanol–water partition coefficient (Wildman–Crippen LogP) is 2.38. The summed E-state index contributed by atoms with van der Waals surface area (Å²) in [7, 11) is 3.86.